The minimum absolute atomic E-state index is 0.759. The van der Waals surface area contributed by atoms with Gasteiger partial charge in [0, 0.05) is 16.3 Å². The van der Waals surface area contributed by atoms with Crippen LogP contribution in [0.3, 0.4) is 0 Å². The van der Waals surface area contributed by atoms with E-state index in [1.807, 2.05) is 11.3 Å². The molecular weight excluding hydrogens is 224 g/mol. The number of hydrogen-bond acceptors (Lipinski definition) is 2. The van der Waals surface area contributed by atoms with Gasteiger partial charge in [-0.05, 0) is 37.7 Å². The smallest absolute Gasteiger partial charge is 0.166 e. The number of rotatable bonds is 5. The highest BCUT2D eigenvalue weighted by Gasteiger charge is 1.98. The van der Waals surface area contributed by atoms with Crippen molar-refractivity contribution in [3.8, 4) is 0 Å². The van der Waals surface area contributed by atoms with E-state index >= 15 is 0 Å². The molecule has 15 heavy (non-hydrogen) atoms. The van der Waals surface area contributed by atoms with Crippen molar-refractivity contribution in [3.05, 3.63) is 21.9 Å². The van der Waals surface area contributed by atoms with Crippen LogP contribution in [0.4, 0.5) is 0 Å². The molecular formula is C11H18N2S2. The van der Waals surface area contributed by atoms with E-state index in [0.717, 1.165) is 18.2 Å². The Balaban J connectivity index is 2.16. The lowest BCUT2D eigenvalue weighted by Crippen LogP contribution is -2.35. The summed E-state index contributed by atoms with van der Waals surface area (Å²) in [7, 11) is 0. The molecule has 0 fully saturated rings. The number of hydrogen-bond donors (Lipinski definition) is 2. The number of thiocarbonyl (C=S) groups is 1. The molecule has 1 rings (SSSR count). The molecule has 2 nitrogen and oxygen atoms in total. The molecule has 84 valence electrons. The van der Waals surface area contributed by atoms with Crippen molar-refractivity contribution in [1.29, 1.82) is 0 Å². The predicted octanol–water partition coefficient (Wildman–Crippen LogP) is 2.82. The summed E-state index contributed by atoms with van der Waals surface area (Å²) in [5.74, 6) is 0. The quantitative estimate of drug-likeness (QED) is 0.613. The predicted molar refractivity (Wildman–Crippen MR) is 71.4 cm³/mol. The normalized spacial score (nSPS) is 10.0. The second-order valence-electron chi connectivity index (χ2n) is 3.48. The second kappa shape index (κ2) is 6.80. The molecule has 0 radical (unpaired) electrons. The van der Waals surface area contributed by atoms with Crippen LogP contribution in [0.25, 0.3) is 0 Å². The van der Waals surface area contributed by atoms with Gasteiger partial charge in [-0.1, -0.05) is 13.3 Å². The summed E-state index contributed by atoms with van der Waals surface area (Å²) >= 11 is 6.96. The van der Waals surface area contributed by atoms with Gasteiger partial charge in [-0.2, -0.15) is 0 Å². The largest absolute Gasteiger partial charge is 0.363 e. The minimum Gasteiger partial charge on any atom is -0.363 e. The van der Waals surface area contributed by atoms with Crippen LogP contribution in [0.1, 0.15) is 29.5 Å². The Bertz CT molecular complexity index is 307. The van der Waals surface area contributed by atoms with Crippen LogP contribution in [0.15, 0.2) is 12.1 Å². The summed E-state index contributed by atoms with van der Waals surface area (Å²) in [6.45, 7) is 6.08. The van der Waals surface area contributed by atoms with Gasteiger partial charge in [-0.15, -0.1) is 11.3 Å². The molecule has 2 N–H and O–H groups in total. The monoisotopic (exact) mass is 242 g/mol. The van der Waals surface area contributed by atoms with Crippen LogP contribution < -0.4 is 10.6 Å². The average molecular weight is 242 g/mol. The number of unbranched alkanes of at least 4 members (excludes halogenated alkanes) is 1. The first kappa shape index (κ1) is 12.5. The Morgan fingerprint density at radius 1 is 1.40 bits per heavy atom. The van der Waals surface area contributed by atoms with Crippen LogP contribution in [0, 0.1) is 6.92 Å². The Hall–Kier alpha value is -0.610. The van der Waals surface area contributed by atoms with E-state index in [2.05, 4.69) is 36.6 Å². The molecule has 4 heteroatoms. The summed E-state index contributed by atoms with van der Waals surface area (Å²) in [5.41, 5.74) is 0. The third-order valence-corrected chi connectivity index (χ3v) is 3.32. The molecule has 0 unspecified atom stereocenters. The zero-order valence-corrected chi connectivity index (χ0v) is 10.9. The van der Waals surface area contributed by atoms with Gasteiger partial charge in [0.2, 0.25) is 0 Å². The Morgan fingerprint density at radius 3 is 2.80 bits per heavy atom. The van der Waals surface area contributed by atoms with Gasteiger partial charge in [0.25, 0.3) is 0 Å². The second-order valence-corrected chi connectivity index (χ2v) is 5.26. The highest BCUT2D eigenvalue weighted by molar-refractivity contribution is 7.80. The third kappa shape index (κ3) is 5.14. The van der Waals surface area contributed by atoms with E-state index in [0.29, 0.717) is 0 Å². The van der Waals surface area contributed by atoms with Gasteiger partial charge in [-0.25, -0.2) is 0 Å². The van der Waals surface area contributed by atoms with E-state index in [4.69, 9.17) is 12.2 Å². The fraction of sp³-hybridized carbons (Fsp3) is 0.545. The first-order valence-corrected chi connectivity index (χ1v) is 6.52. The maximum absolute atomic E-state index is 5.16. The number of nitrogens with one attached hydrogen (secondary N) is 2. The lowest BCUT2D eigenvalue weighted by atomic mass is 10.3. The third-order valence-electron chi connectivity index (χ3n) is 2.04. The Labute approximate surface area is 101 Å². The molecule has 0 saturated carbocycles. The van der Waals surface area contributed by atoms with Crippen molar-refractivity contribution in [2.24, 2.45) is 0 Å². The average Bonchev–Trinajstić information content (AvgIpc) is 2.62. The van der Waals surface area contributed by atoms with E-state index in [9.17, 15) is 0 Å². The topological polar surface area (TPSA) is 24.1 Å². The van der Waals surface area contributed by atoms with Crippen molar-refractivity contribution < 1.29 is 0 Å². The molecule has 0 bridgehead atoms. The van der Waals surface area contributed by atoms with Crippen molar-refractivity contribution in [1.82, 2.24) is 10.6 Å². The van der Waals surface area contributed by atoms with Crippen LogP contribution in [0.2, 0.25) is 0 Å². The van der Waals surface area contributed by atoms with Gasteiger partial charge in [0.05, 0.1) is 6.54 Å². The molecule has 0 aromatic carbocycles. The minimum atomic E-state index is 0.759. The van der Waals surface area contributed by atoms with Crippen molar-refractivity contribution in [2.45, 2.75) is 33.2 Å². The molecule has 1 aromatic heterocycles. The Morgan fingerprint density at radius 2 is 2.20 bits per heavy atom. The van der Waals surface area contributed by atoms with E-state index in [-0.39, 0.29) is 0 Å². The standard InChI is InChI=1S/C11H18N2S2/c1-3-4-7-12-11(14)13-8-10-6-5-9(2)15-10/h5-6H,3-4,7-8H2,1-2H3,(H2,12,13,14). The highest BCUT2D eigenvalue weighted by Crippen LogP contribution is 2.14. The molecule has 0 saturated heterocycles. The summed E-state index contributed by atoms with van der Waals surface area (Å²) in [6, 6.07) is 4.27. The van der Waals surface area contributed by atoms with Gasteiger partial charge in [0.15, 0.2) is 5.11 Å². The first-order chi connectivity index (χ1) is 7.22. The zero-order valence-electron chi connectivity index (χ0n) is 9.30. The summed E-state index contributed by atoms with van der Waals surface area (Å²) in [4.78, 5) is 2.67. The van der Waals surface area contributed by atoms with Crippen LogP contribution >= 0.6 is 23.6 Å². The van der Waals surface area contributed by atoms with Crippen molar-refractivity contribution in [2.75, 3.05) is 6.54 Å². The first-order valence-electron chi connectivity index (χ1n) is 5.29. The molecule has 0 aliphatic heterocycles. The molecule has 0 aliphatic rings. The molecule has 1 heterocycles. The zero-order chi connectivity index (χ0) is 11.1. The lowest BCUT2D eigenvalue weighted by Gasteiger charge is -2.08. The molecule has 0 atom stereocenters. The van der Waals surface area contributed by atoms with E-state index in [1.54, 1.807) is 0 Å². The van der Waals surface area contributed by atoms with Gasteiger partial charge < -0.3 is 10.6 Å². The lowest BCUT2D eigenvalue weighted by molar-refractivity contribution is 0.740. The van der Waals surface area contributed by atoms with E-state index in [1.165, 1.54) is 22.6 Å². The Kier molecular flexibility index (Phi) is 5.65. The number of thiophene rings is 1. The fourth-order valence-corrected chi connectivity index (χ4v) is 2.19. The maximum atomic E-state index is 5.16. The number of aryl methyl sites for hydroxylation is 1. The van der Waals surface area contributed by atoms with Crippen LogP contribution in [-0.2, 0) is 6.54 Å². The fourth-order valence-electron chi connectivity index (χ4n) is 1.19. The maximum Gasteiger partial charge on any atom is 0.166 e. The van der Waals surface area contributed by atoms with Crippen molar-refractivity contribution in [3.63, 3.8) is 0 Å². The SMILES string of the molecule is CCCCNC(=S)NCc1ccc(C)s1. The van der Waals surface area contributed by atoms with Gasteiger partial charge >= 0.3 is 0 Å². The molecule has 0 spiro atoms. The summed E-state index contributed by atoms with van der Waals surface area (Å²) in [6.07, 6.45) is 2.36. The highest BCUT2D eigenvalue weighted by atomic mass is 32.1. The van der Waals surface area contributed by atoms with Crippen LogP contribution in [-0.4, -0.2) is 11.7 Å². The summed E-state index contributed by atoms with van der Waals surface area (Å²) < 4.78 is 0. The molecule has 0 amide bonds. The van der Waals surface area contributed by atoms with E-state index < -0.39 is 0 Å². The molecule has 0 aliphatic carbocycles. The summed E-state index contributed by atoms with van der Waals surface area (Å²) in [5, 5.41) is 7.15. The van der Waals surface area contributed by atoms with Gasteiger partial charge in [-0.3, -0.25) is 0 Å². The van der Waals surface area contributed by atoms with Gasteiger partial charge in [0.1, 0.15) is 0 Å². The van der Waals surface area contributed by atoms with Crippen molar-refractivity contribution >= 4 is 28.7 Å². The molecule has 1 aromatic rings. The van der Waals surface area contributed by atoms with Crippen LogP contribution in [0.5, 0.6) is 0 Å².